The Kier molecular flexibility index (Phi) is 5.93. The molecule has 0 amide bonds. The van der Waals surface area contributed by atoms with Crippen molar-refractivity contribution in [2.75, 3.05) is 13.7 Å². The molecule has 0 radical (unpaired) electrons. The molecule has 0 saturated carbocycles. The molecule has 0 unspecified atom stereocenters. The minimum Gasteiger partial charge on any atom is -0.497 e. The maximum atomic E-state index is 5.77. The molecule has 0 aliphatic heterocycles. The molecule has 2 aromatic rings. The molecule has 0 bridgehead atoms. The topological polar surface area (TPSA) is 18.5 Å². The fourth-order valence-corrected chi connectivity index (χ4v) is 2.46. The van der Waals surface area contributed by atoms with E-state index < -0.39 is 0 Å². The number of aryl methyl sites for hydroxylation is 1. The van der Waals surface area contributed by atoms with Gasteiger partial charge in [0.15, 0.2) is 0 Å². The van der Waals surface area contributed by atoms with E-state index in [0.29, 0.717) is 0 Å². The number of hydrogen-bond donors (Lipinski definition) is 0. The third-order valence-corrected chi connectivity index (χ3v) is 3.72. The normalized spacial score (nSPS) is 10.3. The number of unbranched alkanes of at least 4 members (excludes halogenated alkanes) is 1. The third-order valence-electron chi connectivity index (χ3n) is 3.10. The minimum absolute atomic E-state index is 0.734. The van der Waals surface area contributed by atoms with Gasteiger partial charge in [0.2, 0.25) is 0 Å². The molecule has 0 atom stereocenters. The van der Waals surface area contributed by atoms with Crippen LogP contribution in [0.15, 0.2) is 53.0 Å². The average Bonchev–Trinajstić information content (AvgIpc) is 2.49. The van der Waals surface area contributed by atoms with Crippen molar-refractivity contribution < 1.29 is 9.47 Å². The van der Waals surface area contributed by atoms with Gasteiger partial charge in [-0.2, -0.15) is 0 Å². The van der Waals surface area contributed by atoms with E-state index in [1.54, 1.807) is 7.11 Å². The van der Waals surface area contributed by atoms with Crippen molar-refractivity contribution >= 4 is 15.9 Å². The Bertz CT molecular complexity index is 526. The van der Waals surface area contributed by atoms with Crippen molar-refractivity contribution in [2.24, 2.45) is 0 Å². The molecule has 0 aromatic heterocycles. The van der Waals surface area contributed by atoms with E-state index in [4.69, 9.17) is 9.47 Å². The van der Waals surface area contributed by atoms with Crippen LogP contribution in [0.3, 0.4) is 0 Å². The number of methoxy groups -OCH3 is 1. The van der Waals surface area contributed by atoms with Crippen LogP contribution in [-0.4, -0.2) is 13.7 Å². The van der Waals surface area contributed by atoms with Crippen LogP contribution < -0.4 is 9.47 Å². The van der Waals surface area contributed by atoms with Gasteiger partial charge in [-0.25, -0.2) is 0 Å². The van der Waals surface area contributed by atoms with Gasteiger partial charge in [-0.15, -0.1) is 0 Å². The Morgan fingerprint density at radius 1 is 1.00 bits per heavy atom. The standard InChI is InChI=1S/C17H19BrO2/c1-19-15-10-11-17(16(18)13-15)20-12-6-5-9-14-7-3-2-4-8-14/h2-4,7-8,10-11,13H,5-6,9,12H2,1H3. The quantitative estimate of drug-likeness (QED) is 0.673. The highest BCUT2D eigenvalue weighted by atomic mass is 79.9. The fraction of sp³-hybridized carbons (Fsp3) is 0.294. The molecule has 2 rings (SSSR count). The molecule has 0 fully saturated rings. The van der Waals surface area contributed by atoms with Crippen LogP contribution in [0.2, 0.25) is 0 Å². The summed E-state index contributed by atoms with van der Waals surface area (Å²) < 4.78 is 11.9. The summed E-state index contributed by atoms with van der Waals surface area (Å²) in [6.07, 6.45) is 3.29. The van der Waals surface area contributed by atoms with Gasteiger partial charge < -0.3 is 9.47 Å². The number of halogens is 1. The van der Waals surface area contributed by atoms with E-state index >= 15 is 0 Å². The second-order valence-electron chi connectivity index (χ2n) is 4.59. The Balaban J connectivity index is 1.71. The molecule has 2 nitrogen and oxygen atoms in total. The van der Waals surface area contributed by atoms with Gasteiger partial charge in [-0.1, -0.05) is 30.3 Å². The van der Waals surface area contributed by atoms with Gasteiger partial charge in [0, 0.05) is 0 Å². The van der Waals surface area contributed by atoms with E-state index in [2.05, 4.69) is 40.2 Å². The highest BCUT2D eigenvalue weighted by Gasteiger charge is 2.02. The second-order valence-corrected chi connectivity index (χ2v) is 5.44. The lowest BCUT2D eigenvalue weighted by Gasteiger charge is -2.09. The van der Waals surface area contributed by atoms with Crippen molar-refractivity contribution in [2.45, 2.75) is 19.3 Å². The minimum atomic E-state index is 0.734. The molecule has 0 aliphatic carbocycles. The fourth-order valence-electron chi connectivity index (χ4n) is 1.98. The first-order valence-corrected chi connectivity index (χ1v) is 7.59. The smallest absolute Gasteiger partial charge is 0.133 e. The lowest BCUT2D eigenvalue weighted by molar-refractivity contribution is 0.304. The molecule has 0 spiro atoms. The Hall–Kier alpha value is -1.48. The Morgan fingerprint density at radius 2 is 1.80 bits per heavy atom. The first-order chi connectivity index (χ1) is 9.79. The summed E-state index contributed by atoms with van der Waals surface area (Å²) in [7, 11) is 1.66. The third kappa shape index (κ3) is 4.57. The van der Waals surface area contributed by atoms with Gasteiger partial charge in [0.25, 0.3) is 0 Å². The summed E-state index contributed by atoms with van der Waals surface area (Å²) in [6, 6.07) is 16.3. The van der Waals surface area contributed by atoms with E-state index in [1.165, 1.54) is 5.56 Å². The predicted molar refractivity (Wildman–Crippen MR) is 85.6 cm³/mol. The van der Waals surface area contributed by atoms with Gasteiger partial charge in [-0.05, 0) is 59.0 Å². The Morgan fingerprint density at radius 3 is 2.50 bits per heavy atom. The second kappa shape index (κ2) is 7.95. The number of benzene rings is 2. The summed E-state index contributed by atoms with van der Waals surface area (Å²) in [5, 5.41) is 0. The van der Waals surface area contributed by atoms with E-state index in [1.807, 2.05) is 24.3 Å². The zero-order valence-electron chi connectivity index (χ0n) is 11.6. The Labute approximate surface area is 128 Å². The summed E-state index contributed by atoms with van der Waals surface area (Å²) >= 11 is 3.49. The van der Waals surface area contributed by atoms with Gasteiger partial charge in [0.1, 0.15) is 11.5 Å². The van der Waals surface area contributed by atoms with E-state index in [0.717, 1.165) is 41.8 Å². The van der Waals surface area contributed by atoms with Gasteiger partial charge >= 0.3 is 0 Å². The molecule has 0 saturated heterocycles. The molecule has 3 heteroatoms. The SMILES string of the molecule is COc1ccc(OCCCCc2ccccc2)c(Br)c1. The molecule has 106 valence electrons. The zero-order valence-corrected chi connectivity index (χ0v) is 13.2. The lowest BCUT2D eigenvalue weighted by atomic mass is 10.1. The predicted octanol–water partition coefficient (Wildman–Crippen LogP) is 4.86. The molecule has 0 aliphatic rings. The molecule has 0 N–H and O–H groups in total. The largest absolute Gasteiger partial charge is 0.497 e. The summed E-state index contributed by atoms with van der Waals surface area (Å²) in [5.41, 5.74) is 1.39. The van der Waals surface area contributed by atoms with Crippen LogP contribution >= 0.6 is 15.9 Å². The van der Waals surface area contributed by atoms with Crippen molar-refractivity contribution in [3.8, 4) is 11.5 Å². The zero-order chi connectivity index (χ0) is 14.2. The number of rotatable bonds is 7. The first-order valence-electron chi connectivity index (χ1n) is 6.80. The summed E-state index contributed by atoms with van der Waals surface area (Å²) in [5.74, 6) is 1.69. The van der Waals surface area contributed by atoms with Crippen LogP contribution in [0, 0.1) is 0 Å². The summed E-state index contributed by atoms with van der Waals surface area (Å²) in [4.78, 5) is 0. The van der Waals surface area contributed by atoms with Crippen LogP contribution in [-0.2, 0) is 6.42 Å². The van der Waals surface area contributed by atoms with Crippen LogP contribution in [0.4, 0.5) is 0 Å². The van der Waals surface area contributed by atoms with Gasteiger partial charge in [0.05, 0.1) is 18.2 Å². The average molecular weight is 335 g/mol. The van der Waals surface area contributed by atoms with Crippen molar-refractivity contribution in [1.29, 1.82) is 0 Å². The van der Waals surface area contributed by atoms with Crippen molar-refractivity contribution in [3.05, 3.63) is 58.6 Å². The van der Waals surface area contributed by atoms with E-state index in [9.17, 15) is 0 Å². The van der Waals surface area contributed by atoms with Gasteiger partial charge in [-0.3, -0.25) is 0 Å². The molecular weight excluding hydrogens is 316 g/mol. The maximum Gasteiger partial charge on any atom is 0.133 e. The molecule has 2 aromatic carbocycles. The monoisotopic (exact) mass is 334 g/mol. The van der Waals surface area contributed by atoms with Crippen LogP contribution in [0.5, 0.6) is 11.5 Å². The molecule has 0 heterocycles. The number of hydrogen-bond acceptors (Lipinski definition) is 2. The lowest BCUT2D eigenvalue weighted by Crippen LogP contribution is -1.99. The summed E-state index contributed by atoms with van der Waals surface area (Å²) in [6.45, 7) is 0.734. The maximum absolute atomic E-state index is 5.77. The number of ether oxygens (including phenoxy) is 2. The first kappa shape index (κ1) is 14.9. The highest BCUT2D eigenvalue weighted by molar-refractivity contribution is 9.10. The van der Waals surface area contributed by atoms with Crippen LogP contribution in [0.1, 0.15) is 18.4 Å². The van der Waals surface area contributed by atoms with E-state index in [-0.39, 0.29) is 0 Å². The van der Waals surface area contributed by atoms with Crippen molar-refractivity contribution in [1.82, 2.24) is 0 Å². The highest BCUT2D eigenvalue weighted by Crippen LogP contribution is 2.29. The molecular formula is C17H19BrO2. The molecule has 20 heavy (non-hydrogen) atoms. The van der Waals surface area contributed by atoms with Crippen LogP contribution in [0.25, 0.3) is 0 Å². The van der Waals surface area contributed by atoms with Crippen molar-refractivity contribution in [3.63, 3.8) is 0 Å².